The normalized spacial score (nSPS) is 13.7. The van der Waals surface area contributed by atoms with E-state index < -0.39 is 26.5 Å². The highest BCUT2D eigenvalue weighted by Gasteiger charge is 2.27. The third kappa shape index (κ3) is 38.5. The molecule has 0 aliphatic heterocycles. The summed E-state index contributed by atoms with van der Waals surface area (Å²) in [6.45, 7) is 4.41. The van der Waals surface area contributed by atoms with Crippen molar-refractivity contribution in [3.8, 4) is 0 Å². The highest BCUT2D eigenvalue weighted by molar-refractivity contribution is 7.47. The van der Waals surface area contributed by atoms with Crippen LogP contribution in [0.1, 0.15) is 194 Å². The Labute approximate surface area is 320 Å². The van der Waals surface area contributed by atoms with Gasteiger partial charge in [0, 0.05) is 12.8 Å². The van der Waals surface area contributed by atoms with Crippen molar-refractivity contribution in [1.29, 1.82) is 0 Å². The van der Waals surface area contributed by atoms with Crippen LogP contribution < -0.4 is 0 Å². The maximum Gasteiger partial charge on any atom is 0.472 e. The Morgan fingerprint density at radius 1 is 0.577 bits per heavy atom. The number of quaternary nitrogens is 1. The largest absolute Gasteiger partial charge is 0.472 e. The van der Waals surface area contributed by atoms with Crippen LogP contribution in [0.25, 0.3) is 0 Å². The van der Waals surface area contributed by atoms with Crippen LogP contribution >= 0.6 is 7.82 Å². The molecule has 0 heterocycles. The fourth-order valence-corrected chi connectivity index (χ4v) is 6.63. The SMILES string of the molecule is CCCCCCCCCCC/C=C/CCCCC(=O)OC[C@H](COP(=O)(O)OCC[N+](C)(C)C)OC(=O)CCCCCCCCCCCCCCC. The number of allylic oxidation sites excluding steroid dienone is 2. The van der Waals surface area contributed by atoms with Crippen LogP contribution in [0, 0.1) is 0 Å². The first-order valence-electron chi connectivity index (χ1n) is 21.4. The first-order chi connectivity index (χ1) is 25.0. The van der Waals surface area contributed by atoms with E-state index in [0.29, 0.717) is 23.9 Å². The lowest BCUT2D eigenvalue weighted by atomic mass is 10.0. The van der Waals surface area contributed by atoms with E-state index in [2.05, 4.69) is 26.0 Å². The standard InChI is InChI=1S/C42H82NO8P/c1-6-8-10-12-14-16-18-20-21-23-24-26-28-30-32-34-41(44)48-38-40(39-50-52(46,47)49-37-36-43(3,4)5)51-42(45)35-33-31-29-27-25-22-19-17-15-13-11-9-7-2/h24,26,40H,6-23,25,27-39H2,1-5H3/p+1/b26-24+/t40-/m1/s1. The second-order valence-corrected chi connectivity index (χ2v) is 17.2. The Morgan fingerprint density at radius 3 is 1.46 bits per heavy atom. The van der Waals surface area contributed by atoms with Crippen molar-refractivity contribution in [2.24, 2.45) is 0 Å². The molecule has 0 aromatic rings. The smallest absolute Gasteiger partial charge is 0.462 e. The van der Waals surface area contributed by atoms with Crippen LogP contribution in [0.2, 0.25) is 0 Å². The molecule has 0 aromatic carbocycles. The first kappa shape index (κ1) is 50.8. The Hall–Kier alpha value is -1.25. The number of phosphoric acid groups is 1. The van der Waals surface area contributed by atoms with E-state index in [1.54, 1.807) is 0 Å². The molecule has 0 saturated carbocycles. The first-order valence-corrected chi connectivity index (χ1v) is 22.9. The van der Waals surface area contributed by atoms with E-state index in [-0.39, 0.29) is 32.0 Å². The molecular formula is C42H83NO8P+. The summed E-state index contributed by atoms with van der Waals surface area (Å²) in [5, 5.41) is 0. The summed E-state index contributed by atoms with van der Waals surface area (Å²) in [6, 6.07) is 0. The second kappa shape index (κ2) is 35.5. The average Bonchev–Trinajstić information content (AvgIpc) is 3.09. The topological polar surface area (TPSA) is 108 Å². The molecule has 1 N–H and O–H groups in total. The molecule has 52 heavy (non-hydrogen) atoms. The monoisotopic (exact) mass is 761 g/mol. The van der Waals surface area contributed by atoms with Crippen molar-refractivity contribution in [3.05, 3.63) is 12.2 Å². The summed E-state index contributed by atoms with van der Waals surface area (Å²) in [6.07, 6.45) is 35.4. The molecule has 0 aliphatic rings. The van der Waals surface area contributed by atoms with E-state index in [1.165, 1.54) is 122 Å². The third-order valence-corrected chi connectivity index (χ3v) is 10.3. The van der Waals surface area contributed by atoms with Gasteiger partial charge in [0.2, 0.25) is 0 Å². The summed E-state index contributed by atoms with van der Waals surface area (Å²) in [5.41, 5.74) is 0. The van der Waals surface area contributed by atoms with E-state index in [9.17, 15) is 19.0 Å². The summed E-state index contributed by atoms with van der Waals surface area (Å²) < 4.78 is 34.2. The zero-order chi connectivity index (χ0) is 38.6. The molecular weight excluding hydrogens is 677 g/mol. The van der Waals surface area contributed by atoms with Crippen molar-refractivity contribution in [1.82, 2.24) is 0 Å². The number of hydrogen-bond donors (Lipinski definition) is 1. The van der Waals surface area contributed by atoms with Gasteiger partial charge in [0.05, 0.1) is 27.7 Å². The molecule has 0 radical (unpaired) electrons. The number of nitrogens with zero attached hydrogens (tertiary/aromatic N) is 1. The zero-order valence-electron chi connectivity index (χ0n) is 34.6. The molecule has 9 nitrogen and oxygen atoms in total. The van der Waals surface area contributed by atoms with Gasteiger partial charge in [-0.3, -0.25) is 18.6 Å². The van der Waals surface area contributed by atoms with Crippen molar-refractivity contribution < 1.29 is 42.1 Å². The quantitative estimate of drug-likeness (QED) is 0.0217. The van der Waals surface area contributed by atoms with Crippen LogP contribution in [-0.2, 0) is 32.7 Å². The van der Waals surface area contributed by atoms with Gasteiger partial charge >= 0.3 is 19.8 Å². The Balaban J connectivity index is 4.38. The molecule has 0 amide bonds. The number of rotatable bonds is 39. The van der Waals surface area contributed by atoms with Crippen molar-refractivity contribution in [2.45, 2.75) is 200 Å². The summed E-state index contributed by atoms with van der Waals surface area (Å²) in [7, 11) is 1.48. The molecule has 308 valence electrons. The van der Waals surface area contributed by atoms with Crippen molar-refractivity contribution >= 4 is 19.8 Å². The minimum atomic E-state index is -4.37. The number of unbranched alkanes of at least 4 members (excludes halogenated alkanes) is 23. The molecule has 0 bridgehead atoms. The highest BCUT2D eigenvalue weighted by atomic mass is 31.2. The molecule has 0 aliphatic carbocycles. The lowest BCUT2D eigenvalue weighted by Gasteiger charge is -2.24. The molecule has 2 atom stereocenters. The van der Waals surface area contributed by atoms with Crippen LogP contribution in [0.15, 0.2) is 12.2 Å². The molecule has 10 heteroatoms. The maximum atomic E-state index is 12.6. The lowest BCUT2D eigenvalue weighted by Crippen LogP contribution is -2.37. The number of phosphoric ester groups is 1. The van der Waals surface area contributed by atoms with Crippen molar-refractivity contribution in [2.75, 3.05) is 47.5 Å². The number of carbonyl (C=O) groups excluding carboxylic acids is 2. The summed E-state index contributed by atoms with van der Waals surface area (Å²) >= 11 is 0. The van der Waals surface area contributed by atoms with Crippen LogP contribution in [0.4, 0.5) is 0 Å². The molecule has 0 rings (SSSR count). The van der Waals surface area contributed by atoms with Gasteiger partial charge < -0.3 is 18.9 Å². The Bertz CT molecular complexity index is 907. The van der Waals surface area contributed by atoms with E-state index in [0.717, 1.165) is 32.1 Å². The third-order valence-electron chi connectivity index (χ3n) is 9.30. The van der Waals surface area contributed by atoms with Crippen LogP contribution in [0.5, 0.6) is 0 Å². The number of ether oxygens (including phenoxy) is 2. The number of hydrogen-bond acceptors (Lipinski definition) is 7. The van der Waals surface area contributed by atoms with Crippen LogP contribution in [0.3, 0.4) is 0 Å². The van der Waals surface area contributed by atoms with Gasteiger partial charge in [0.25, 0.3) is 0 Å². The van der Waals surface area contributed by atoms with Gasteiger partial charge in [-0.15, -0.1) is 0 Å². The predicted molar refractivity (Wildman–Crippen MR) is 215 cm³/mol. The van der Waals surface area contributed by atoms with Gasteiger partial charge in [-0.2, -0.15) is 0 Å². The molecule has 1 unspecified atom stereocenters. The fraction of sp³-hybridized carbons (Fsp3) is 0.905. The van der Waals surface area contributed by atoms with E-state index in [1.807, 2.05) is 21.1 Å². The molecule has 0 saturated heterocycles. The fourth-order valence-electron chi connectivity index (χ4n) is 5.89. The van der Waals surface area contributed by atoms with Gasteiger partial charge in [0.15, 0.2) is 6.10 Å². The Morgan fingerprint density at radius 2 is 0.981 bits per heavy atom. The second-order valence-electron chi connectivity index (χ2n) is 15.7. The summed E-state index contributed by atoms with van der Waals surface area (Å²) in [5.74, 6) is -0.816. The van der Waals surface area contributed by atoms with E-state index in [4.69, 9.17) is 18.5 Å². The zero-order valence-corrected chi connectivity index (χ0v) is 35.5. The van der Waals surface area contributed by atoms with Crippen molar-refractivity contribution in [3.63, 3.8) is 0 Å². The number of likely N-dealkylation sites (N-methyl/N-ethyl adjacent to an activating group) is 1. The number of esters is 2. The van der Waals surface area contributed by atoms with E-state index >= 15 is 0 Å². The minimum absolute atomic E-state index is 0.0320. The average molecular weight is 761 g/mol. The lowest BCUT2D eigenvalue weighted by molar-refractivity contribution is -0.870. The van der Waals surface area contributed by atoms with Gasteiger partial charge in [0.1, 0.15) is 19.8 Å². The van der Waals surface area contributed by atoms with Gasteiger partial charge in [-0.05, 0) is 38.5 Å². The van der Waals surface area contributed by atoms with Gasteiger partial charge in [-0.1, -0.05) is 154 Å². The number of carbonyl (C=O) groups is 2. The predicted octanol–water partition coefficient (Wildman–Crippen LogP) is 11.8. The van der Waals surface area contributed by atoms with Crippen LogP contribution in [-0.4, -0.2) is 74.9 Å². The minimum Gasteiger partial charge on any atom is -0.462 e. The molecule has 0 fully saturated rings. The maximum absolute atomic E-state index is 12.6. The van der Waals surface area contributed by atoms with Gasteiger partial charge in [-0.25, -0.2) is 4.57 Å². The molecule has 0 aromatic heterocycles. The molecule has 0 spiro atoms. The Kier molecular flexibility index (Phi) is 34.6. The highest BCUT2D eigenvalue weighted by Crippen LogP contribution is 2.43. The summed E-state index contributed by atoms with van der Waals surface area (Å²) in [4.78, 5) is 35.3.